The highest BCUT2D eigenvalue weighted by Gasteiger charge is 2.21. The molecule has 0 amide bonds. The lowest BCUT2D eigenvalue weighted by Crippen LogP contribution is -2.15. The van der Waals surface area contributed by atoms with E-state index < -0.39 is 0 Å². The summed E-state index contributed by atoms with van der Waals surface area (Å²) in [5, 5.41) is 11.3. The minimum absolute atomic E-state index is 0.658. The van der Waals surface area contributed by atoms with Crippen molar-refractivity contribution in [3.8, 4) is 0 Å². The summed E-state index contributed by atoms with van der Waals surface area (Å²) >= 11 is 0. The van der Waals surface area contributed by atoms with E-state index in [1.54, 1.807) is 0 Å². The summed E-state index contributed by atoms with van der Waals surface area (Å²) < 4.78 is 10.8. The number of ether oxygens (including phenoxy) is 1. The third-order valence-electron chi connectivity index (χ3n) is 2.44. The van der Waals surface area contributed by atoms with Gasteiger partial charge in [0.25, 0.3) is 0 Å². The molecule has 0 saturated heterocycles. The van der Waals surface area contributed by atoms with Crippen LogP contribution in [0, 0.1) is 0 Å². The highest BCUT2D eigenvalue weighted by atomic mass is 16.5. The molecule has 1 aliphatic carbocycles. The first-order valence-electron chi connectivity index (χ1n) is 6.01. The zero-order chi connectivity index (χ0) is 11.2. The first-order valence-corrected chi connectivity index (χ1v) is 6.01. The number of rotatable bonds is 8. The van der Waals surface area contributed by atoms with E-state index in [0.717, 1.165) is 13.0 Å². The molecule has 0 radical (unpaired) electrons. The largest absolute Gasteiger partial charge is 0.424 e. The van der Waals surface area contributed by atoms with Crippen LogP contribution in [0.25, 0.3) is 0 Å². The van der Waals surface area contributed by atoms with E-state index in [4.69, 9.17) is 9.15 Å². The summed E-state index contributed by atoms with van der Waals surface area (Å²) in [5.74, 6) is 1.35. The fourth-order valence-electron chi connectivity index (χ4n) is 1.39. The van der Waals surface area contributed by atoms with Crippen LogP contribution in [0.15, 0.2) is 4.42 Å². The zero-order valence-electron chi connectivity index (χ0n) is 9.74. The third kappa shape index (κ3) is 3.90. The molecular weight excluding hydrogens is 206 g/mol. The molecule has 5 heteroatoms. The van der Waals surface area contributed by atoms with Crippen molar-refractivity contribution < 1.29 is 9.15 Å². The van der Waals surface area contributed by atoms with Gasteiger partial charge in [-0.25, -0.2) is 0 Å². The van der Waals surface area contributed by atoms with Gasteiger partial charge in [-0.1, -0.05) is 6.92 Å². The molecule has 5 nitrogen and oxygen atoms in total. The predicted octanol–water partition coefficient (Wildman–Crippen LogP) is 1.29. The van der Waals surface area contributed by atoms with Crippen LogP contribution in [0.2, 0.25) is 0 Å². The Hall–Kier alpha value is -0.940. The Morgan fingerprint density at radius 2 is 2.12 bits per heavy atom. The summed E-state index contributed by atoms with van der Waals surface area (Å²) in [6, 6.07) is 0.670. The fourth-order valence-corrected chi connectivity index (χ4v) is 1.39. The Labute approximate surface area is 95.6 Å². The Morgan fingerprint density at radius 1 is 1.31 bits per heavy atom. The van der Waals surface area contributed by atoms with E-state index in [1.807, 2.05) is 0 Å². The number of hydrogen-bond donors (Lipinski definition) is 1. The average Bonchev–Trinajstić information content (AvgIpc) is 3.02. The fraction of sp³-hybridized carbons (Fsp3) is 0.818. The lowest BCUT2D eigenvalue weighted by atomic mass is 10.4. The summed E-state index contributed by atoms with van der Waals surface area (Å²) in [7, 11) is 0. The van der Waals surface area contributed by atoms with Gasteiger partial charge in [0.1, 0.15) is 0 Å². The Kier molecular flexibility index (Phi) is 4.30. The summed E-state index contributed by atoms with van der Waals surface area (Å²) in [4.78, 5) is 0. The first-order chi connectivity index (χ1) is 7.88. The third-order valence-corrected chi connectivity index (χ3v) is 2.44. The lowest BCUT2D eigenvalue weighted by Gasteiger charge is -1.98. The lowest BCUT2D eigenvalue weighted by molar-refractivity contribution is 0.133. The number of nitrogens with zero attached hydrogens (tertiary/aromatic N) is 2. The van der Waals surface area contributed by atoms with Crippen LogP contribution in [-0.2, 0) is 17.7 Å². The number of aromatic nitrogens is 2. The van der Waals surface area contributed by atoms with Crippen molar-refractivity contribution in [1.29, 1.82) is 0 Å². The van der Waals surface area contributed by atoms with Gasteiger partial charge in [0, 0.05) is 19.1 Å². The van der Waals surface area contributed by atoms with Gasteiger partial charge < -0.3 is 14.5 Å². The maximum absolute atomic E-state index is 5.48. The number of hydrogen-bond acceptors (Lipinski definition) is 5. The van der Waals surface area contributed by atoms with Gasteiger partial charge in [-0.15, -0.1) is 10.2 Å². The molecule has 1 N–H and O–H groups in total. The Bertz CT molecular complexity index is 310. The Morgan fingerprint density at radius 3 is 2.88 bits per heavy atom. The van der Waals surface area contributed by atoms with E-state index in [-0.39, 0.29) is 0 Å². The van der Waals surface area contributed by atoms with E-state index in [0.29, 0.717) is 37.4 Å². The molecule has 90 valence electrons. The quantitative estimate of drug-likeness (QED) is 0.675. The molecule has 0 aliphatic heterocycles. The molecule has 2 rings (SSSR count). The number of nitrogens with one attached hydrogen (secondary N) is 1. The normalized spacial score (nSPS) is 15.6. The molecular formula is C11H19N3O2. The van der Waals surface area contributed by atoms with Crippen molar-refractivity contribution in [3.63, 3.8) is 0 Å². The maximum atomic E-state index is 5.48. The Balaban J connectivity index is 1.64. The molecule has 1 fully saturated rings. The topological polar surface area (TPSA) is 60.2 Å². The van der Waals surface area contributed by atoms with Crippen LogP contribution in [0.1, 0.15) is 38.0 Å². The van der Waals surface area contributed by atoms with Crippen molar-refractivity contribution in [2.24, 2.45) is 0 Å². The molecule has 0 aromatic carbocycles. The standard InChI is InChI=1S/C11H19N3O2/c1-2-6-15-7-5-10-13-14-11(16-10)8-12-9-3-4-9/h9,12H,2-8H2,1H3. The van der Waals surface area contributed by atoms with E-state index in [9.17, 15) is 0 Å². The molecule has 1 saturated carbocycles. The molecule has 1 heterocycles. The zero-order valence-corrected chi connectivity index (χ0v) is 9.74. The van der Waals surface area contributed by atoms with E-state index in [1.165, 1.54) is 12.8 Å². The smallest absolute Gasteiger partial charge is 0.230 e. The van der Waals surface area contributed by atoms with Crippen LogP contribution < -0.4 is 5.32 Å². The van der Waals surface area contributed by atoms with E-state index in [2.05, 4.69) is 22.4 Å². The summed E-state index contributed by atoms with van der Waals surface area (Å²) in [6.45, 7) is 4.23. The van der Waals surface area contributed by atoms with Crippen LogP contribution in [0.5, 0.6) is 0 Å². The molecule has 0 bridgehead atoms. The van der Waals surface area contributed by atoms with Gasteiger partial charge in [0.15, 0.2) is 0 Å². The van der Waals surface area contributed by atoms with Crippen LogP contribution in [-0.4, -0.2) is 29.5 Å². The molecule has 16 heavy (non-hydrogen) atoms. The van der Waals surface area contributed by atoms with Gasteiger partial charge in [-0.2, -0.15) is 0 Å². The maximum Gasteiger partial charge on any atom is 0.230 e. The van der Waals surface area contributed by atoms with Crippen LogP contribution >= 0.6 is 0 Å². The monoisotopic (exact) mass is 225 g/mol. The van der Waals surface area contributed by atoms with Crippen molar-refractivity contribution in [2.45, 2.75) is 45.2 Å². The second-order valence-electron chi connectivity index (χ2n) is 4.11. The van der Waals surface area contributed by atoms with Crippen molar-refractivity contribution in [3.05, 3.63) is 11.8 Å². The molecule has 0 unspecified atom stereocenters. The van der Waals surface area contributed by atoms with Crippen LogP contribution in [0.3, 0.4) is 0 Å². The van der Waals surface area contributed by atoms with Crippen LogP contribution in [0.4, 0.5) is 0 Å². The van der Waals surface area contributed by atoms with Gasteiger partial charge in [-0.3, -0.25) is 0 Å². The van der Waals surface area contributed by atoms with Gasteiger partial charge >= 0.3 is 0 Å². The molecule has 0 spiro atoms. The SMILES string of the molecule is CCCOCCc1nnc(CNC2CC2)o1. The second-order valence-corrected chi connectivity index (χ2v) is 4.11. The summed E-state index contributed by atoms with van der Waals surface area (Å²) in [5.41, 5.74) is 0. The highest BCUT2D eigenvalue weighted by molar-refractivity contribution is 4.86. The predicted molar refractivity (Wildman–Crippen MR) is 59.0 cm³/mol. The van der Waals surface area contributed by atoms with Crippen molar-refractivity contribution in [2.75, 3.05) is 13.2 Å². The van der Waals surface area contributed by atoms with Crippen molar-refractivity contribution >= 4 is 0 Å². The second kappa shape index (κ2) is 5.96. The molecule has 1 aromatic heterocycles. The van der Waals surface area contributed by atoms with Crippen molar-refractivity contribution in [1.82, 2.24) is 15.5 Å². The summed E-state index contributed by atoms with van der Waals surface area (Å²) in [6.07, 6.45) is 4.29. The molecule has 0 atom stereocenters. The average molecular weight is 225 g/mol. The minimum atomic E-state index is 0.658. The minimum Gasteiger partial charge on any atom is -0.424 e. The highest BCUT2D eigenvalue weighted by Crippen LogP contribution is 2.19. The van der Waals surface area contributed by atoms with Gasteiger partial charge in [0.2, 0.25) is 11.8 Å². The van der Waals surface area contributed by atoms with Gasteiger partial charge in [0.05, 0.1) is 13.2 Å². The first kappa shape index (κ1) is 11.5. The van der Waals surface area contributed by atoms with E-state index >= 15 is 0 Å². The molecule has 1 aromatic rings. The molecule has 1 aliphatic rings. The van der Waals surface area contributed by atoms with Gasteiger partial charge in [-0.05, 0) is 19.3 Å².